The van der Waals surface area contributed by atoms with Crippen molar-refractivity contribution in [3.8, 4) is 0 Å². The Morgan fingerprint density at radius 3 is 2.54 bits per heavy atom. The number of nitrogens with one attached hydrogen (secondary N) is 1. The van der Waals surface area contributed by atoms with Crippen LogP contribution in [-0.2, 0) is 27.3 Å². The standard InChI is InChI=1S/C20H29ClN2O3/c1-3-14-7-9-20(10-8-14,19(25)26-4-2)23-18(24)12-16-6-5-15(13-22)11-17(16)21/h5-6,11,14H,3-4,7-10,12-13,22H2,1-2H3,(H,23,24). The molecule has 6 heteroatoms. The van der Waals surface area contributed by atoms with E-state index in [4.69, 9.17) is 22.1 Å². The Balaban J connectivity index is 2.10. The van der Waals surface area contributed by atoms with Crippen LogP contribution in [0.4, 0.5) is 0 Å². The maximum atomic E-state index is 12.7. The van der Waals surface area contributed by atoms with Gasteiger partial charge in [-0.2, -0.15) is 0 Å². The lowest BCUT2D eigenvalue weighted by Crippen LogP contribution is -2.57. The molecule has 0 aliphatic heterocycles. The molecule has 3 N–H and O–H groups in total. The van der Waals surface area contributed by atoms with Crippen LogP contribution in [0, 0.1) is 5.92 Å². The lowest BCUT2D eigenvalue weighted by Gasteiger charge is -2.38. The Labute approximate surface area is 160 Å². The molecular weight excluding hydrogens is 352 g/mol. The fourth-order valence-electron chi connectivity index (χ4n) is 3.57. The fourth-order valence-corrected chi connectivity index (χ4v) is 3.84. The topological polar surface area (TPSA) is 81.4 Å². The summed E-state index contributed by atoms with van der Waals surface area (Å²) in [5.74, 6) is 0.0654. The van der Waals surface area contributed by atoms with E-state index < -0.39 is 5.54 Å². The number of rotatable bonds is 7. The first-order chi connectivity index (χ1) is 12.4. The highest BCUT2D eigenvalue weighted by Gasteiger charge is 2.44. The van der Waals surface area contributed by atoms with Crippen LogP contribution in [0.1, 0.15) is 57.1 Å². The lowest BCUT2D eigenvalue weighted by atomic mass is 9.75. The highest BCUT2D eigenvalue weighted by atomic mass is 35.5. The predicted molar refractivity (Wildman–Crippen MR) is 103 cm³/mol. The maximum absolute atomic E-state index is 12.7. The minimum atomic E-state index is -0.914. The molecular formula is C20H29ClN2O3. The summed E-state index contributed by atoms with van der Waals surface area (Å²) in [6, 6.07) is 5.45. The van der Waals surface area contributed by atoms with Crippen LogP contribution >= 0.6 is 11.6 Å². The van der Waals surface area contributed by atoms with Gasteiger partial charge >= 0.3 is 5.97 Å². The smallest absolute Gasteiger partial charge is 0.331 e. The van der Waals surface area contributed by atoms with Crippen LogP contribution in [0.5, 0.6) is 0 Å². The largest absolute Gasteiger partial charge is 0.464 e. The Hall–Kier alpha value is -1.59. The summed E-state index contributed by atoms with van der Waals surface area (Å²) in [7, 11) is 0. The van der Waals surface area contributed by atoms with E-state index in [1.165, 1.54) is 0 Å². The minimum absolute atomic E-state index is 0.127. The van der Waals surface area contributed by atoms with Gasteiger partial charge in [0.05, 0.1) is 13.0 Å². The van der Waals surface area contributed by atoms with Crippen LogP contribution in [0.25, 0.3) is 0 Å². The quantitative estimate of drug-likeness (QED) is 0.710. The van der Waals surface area contributed by atoms with Gasteiger partial charge in [-0.15, -0.1) is 0 Å². The van der Waals surface area contributed by atoms with Crippen molar-refractivity contribution in [2.24, 2.45) is 11.7 Å². The molecule has 1 saturated carbocycles. The number of carbonyl (C=O) groups is 2. The monoisotopic (exact) mass is 380 g/mol. The van der Waals surface area contributed by atoms with Crippen LogP contribution in [0.15, 0.2) is 18.2 Å². The normalized spacial score (nSPS) is 22.7. The molecule has 0 saturated heterocycles. The molecule has 5 nitrogen and oxygen atoms in total. The molecule has 1 aliphatic rings. The molecule has 144 valence electrons. The summed E-state index contributed by atoms with van der Waals surface area (Å²) in [4.78, 5) is 25.2. The second-order valence-electron chi connectivity index (χ2n) is 7.01. The molecule has 0 radical (unpaired) electrons. The van der Waals surface area contributed by atoms with Gasteiger partial charge in [0.25, 0.3) is 0 Å². The molecule has 1 aromatic rings. The van der Waals surface area contributed by atoms with E-state index in [2.05, 4.69) is 12.2 Å². The third kappa shape index (κ3) is 4.98. The highest BCUT2D eigenvalue weighted by Crippen LogP contribution is 2.35. The van der Waals surface area contributed by atoms with Gasteiger partial charge in [0.15, 0.2) is 0 Å². The van der Waals surface area contributed by atoms with E-state index in [-0.39, 0.29) is 18.3 Å². The van der Waals surface area contributed by atoms with E-state index in [0.29, 0.717) is 36.9 Å². The number of hydrogen-bond acceptors (Lipinski definition) is 4. The number of amides is 1. The van der Waals surface area contributed by atoms with Gasteiger partial charge in [0.1, 0.15) is 5.54 Å². The van der Waals surface area contributed by atoms with E-state index in [9.17, 15) is 9.59 Å². The summed E-state index contributed by atoms with van der Waals surface area (Å²) >= 11 is 6.25. The van der Waals surface area contributed by atoms with Crippen molar-refractivity contribution in [2.45, 2.75) is 64.5 Å². The molecule has 0 atom stereocenters. The average molecular weight is 381 g/mol. The maximum Gasteiger partial charge on any atom is 0.331 e. The Morgan fingerprint density at radius 2 is 2.00 bits per heavy atom. The summed E-state index contributed by atoms with van der Waals surface area (Å²) in [5, 5.41) is 3.49. The van der Waals surface area contributed by atoms with Gasteiger partial charge < -0.3 is 15.8 Å². The predicted octanol–water partition coefficient (Wildman–Crippen LogP) is 3.36. The fraction of sp³-hybridized carbons (Fsp3) is 0.600. The SMILES string of the molecule is CCOC(=O)C1(NC(=O)Cc2ccc(CN)cc2Cl)CCC(CC)CC1. The van der Waals surface area contributed by atoms with E-state index in [1.54, 1.807) is 13.0 Å². The van der Waals surface area contributed by atoms with Crippen molar-refractivity contribution in [3.05, 3.63) is 34.3 Å². The Bertz CT molecular complexity index is 640. The molecule has 0 aromatic heterocycles. The number of halogens is 1. The number of nitrogens with two attached hydrogens (primary N) is 1. The van der Waals surface area contributed by atoms with Gasteiger partial charge in [0, 0.05) is 11.6 Å². The lowest BCUT2D eigenvalue weighted by molar-refractivity contribution is -0.155. The second-order valence-corrected chi connectivity index (χ2v) is 7.42. The van der Waals surface area contributed by atoms with Gasteiger partial charge in [-0.25, -0.2) is 4.79 Å². The first-order valence-electron chi connectivity index (χ1n) is 9.39. The Kier molecular flexibility index (Phi) is 7.47. The molecule has 0 unspecified atom stereocenters. The van der Waals surface area contributed by atoms with Crippen molar-refractivity contribution >= 4 is 23.5 Å². The molecule has 0 heterocycles. The first kappa shape index (κ1) is 20.7. The molecule has 0 bridgehead atoms. The van der Waals surface area contributed by atoms with Gasteiger partial charge in [0.2, 0.25) is 5.91 Å². The molecule has 1 aromatic carbocycles. The van der Waals surface area contributed by atoms with Crippen LogP contribution < -0.4 is 11.1 Å². The zero-order valence-electron chi connectivity index (χ0n) is 15.6. The van der Waals surface area contributed by atoms with Gasteiger partial charge in [-0.1, -0.05) is 37.1 Å². The van der Waals surface area contributed by atoms with E-state index in [0.717, 1.165) is 30.4 Å². The average Bonchev–Trinajstić information content (AvgIpc) is 2.64. The van der Waals surface area contributed by atoms with Crippen molar-refractivity contribution in [2.75, 3.05) is 6.61 Å². The van der Waals surface area contributed by atoms with Crippen LogP contribution in [0.2, 0.25) is 5.02 Å². The third-order valence-corrected chi connectivity index (χ3v) is 5.64. The molecule has 2 rings (SSSR count). The first-order valence-corrected chi connectivity index (χ1v) is 9.77. The molecule has 1 aliphatic carbocycles. The van der Waals surface area contributed by atoms with Crippen molar-refractivity contribution in [3.63, 3.8) is 0 Å². The highest BCUT2D eigenvalue weighted by molar-refractivity contribution is 6.31. The summed E-state index contributed by atoms with van der Waals surface area (Å²) in [6.07, 6.45) is 4.30. The van der Waals surface area contributed by atoms with Crippen LogP contribution in [-0.4, -0.2) is 24.0 Å². The third-order valence-electron chi connectivity index (χ3n) is 5.29. The number of ether oxygens (including phenoxy) is 1. The summed E-state index contributed by atoms with van der Waals surface area (Å²) in [5.41, 5.74) is 6.33. The number of carbonyl (C=O) groups excluding carboxylic acids is 2. The number of hydrogen-bond donors (Lipinski definition) is 2. The zero-order valence-corrected chi connectivity index (χ0v) is 16.4. The Morgan fingerprint density at radius 1 is 1.31 bits per heavy atom. The van der Waals surface area contributed by atoms with E-state index >= 15 is 0 Å². The molecule has 0 spiro atoms. The molecule has 1 fully saturated rings. The zero-order chi connectivity index (χ0) is 19.2. The number of benzene rings is 1. The van der Waals surface area contributed by atoms with Crippen molar-refractivity contribution in [1.29, 1.82) is 0 Å². The van der Waals surface area contributed by atoms with Crippen molar-refractivity contribution < 1.29 is 14.3 Å². The molecule has 26 heavy (non-hydrogen) atoms. The second kappa shape index (κ2) is 9.38. The minimum Gasteiger partial charge on any atom is -0.464 e. The van der Waals surface area contributed by atoms with E-state index in [1.807, 2.05) is 12.1 Å². The summed E-state index contributed by atoms with van der Waals surface area (Å²) in [6.45, 7) is 4.65. The van der Waals surface area contributed by atoms with Crippen molar-refractivity contribution in [1.82, 2.24) is 5.32 Å². The van der Waals surface area contributed by atoms with Gasteiger partial charge in [-0.05, 0) is 55.7 Å². The number of esters is 1. The van der Waals surface area contributed by atoms with Gasteiger partial charge in [-0.3, -0.25) is 4.79 Å². The summed E-state index contributed by atoms with van der Waals surface area (Å²) < 4.78 is 5.27. The molecule has 1 amide bonds. The van der Waals surface area contributed by atoms with Crippen LogP contribution in [0.3, 0.4) is 0 Å².